The zero-order valence-corrected chi connectivity index (χ0v) is 15.5. The maximum absolute atomic E-state index is 12.3. The van der Waals surface area contributed by atoms with Gasteiger partial charge in [-0.25, -0.2) is 0 Å². The number of likely N-dealkylation sites (tertiary alicyclic amines) is 1. The van der Waals surface area contributed by atoms with Gasteiger partial charge in [-0.15, -0.1) is 0 Å². The van der Waals surface area contributed by atoms with Crippen molar-refractivity contribution in [1.29, 1.82) is 0 Å². The number of hydrogen-bond acceptors (Lipinski definition) is 3. The van der Waals surface area contributed by atoms with Gasteiger partial charge in [0.25, 0.3) is 5.91 Å². The number of nitrogens with zero attached hydrogens (tertiary/aromatic N) is 2. The third-order valence-electron chi connectivity index (χ3n) is 5.30. The normalized spacial score (nSPS) is 15.7. The maximum Gasteiger partial charge on any atom is 0.251 e. The van der Waals surface area contributed by atoms with Crippen LogP contribution in [0.4, 0.5) is 0 Å². The van der Waals surface area contributed by atoms with Gasteiger partial charge in [-0.2, -0.15) is 0 Å². The van der Waals surface area contributed by atoms with Gasteiger partial charge in [0.2, 0.25) is 0 Å². The first-order valence-electron chi connectivity index (χ1n) is 9.71. The Labute approximate surface area is 160 Å². The van der Waals surface area contributed by atoms with E-state index in [4.69, 9.17) is 4.98 Å². The summed E-state index contributed by atoms with van der Waals surface area (Å²) in [7, 11) is 0. The van der Waals surface area contributed by atoms with Crippen molar-refractivity contribution in [2.24, 2.45) is 0 Å². The molecule has 0 saturated carbocycles. The van der Waals surface area contributed by atoms with Crippen molar-refractivity contribution < 1.29 is 4.79 Å². The van der Waals surface area contributed by atoms with Gasteiger partial charge in [0, 0.05) is 48.7 Å². The highest BCUT2D eigenvalue weighted by Gasteiger charge is 2.21. The van der Waals surface area contributed by atoms with Crippen LogP contribution in [0.25, 0.3) is 10.9 Å². The largest absolute Gasteiger partial charge is 0.349 e. The van der Waals surface area contributed by atoms with E-state index in [1.807, 2.05) is 42.5 Å². The van der Waals surface area contributed by atoms with Crippen molar-refractivity contribution in [3.05, 3.63) is 78.0 Å². The molecule has 1 aliphatic rings. The van der Waals surface area contributed by atoms with Gasteiger partial charge in [0.1, 0.15) is 0 Å². The fourth-order valence-electron chi connectivity index (χ4n) is 3.68. The van der Waals surface area contributed by atoms with Crippen LogP contribution >= 0.6 is 0 Å². The highest BCUT2D eigenvalue weighted by Crippen LogP contribution is 2.14. The Kier molecular flexibility index (Phi) is 5.45. The molecule has 1 aromatic heterocycles. The Morgan fingerprint density at radius 1 is 0.963 bits per heavy atom. The van der Waals surface area contributed by atoms with E-state index in [2.05, 4.69) is 34.5 Å². The Morgan fingerprint density at radius 3 is 2.52 bits per heavy atom. The number of nitrogens with one attached hydrogen (secondary N) is 1. The molecule has 2 heterocycles. The molecule has 4 rings (SSSR count). The van der Waals surface area contributed by atoms with Crippen LogP contribution in [-0.2, 0) is 6.42 Å². The van der Waals surface area contributed by atoms with Gasteiger partial charge in [-0.3, -0.25) is 9.78 Å². The number of fused-ring (bicyclic) bond motifs is 1. The Morgan fingerprint density at radius 2 is 1.70 bits per heavy atom. The van der Waals surface area contributed by atoms with E-state index in [1.165, 1.54) is 5.39 Å². The smallest absolute Gasteiger partial charge is 0.251 e. The minimum atomic E-state index is 0.0365. The second-order valence-corrected chi connectivity index (χ2v) is 7.20. The molecule has 3 aromatic rings. The van der Waals surface area contributed by atoms with Crippen LogP contribution in [0.3, 0.4) is 0 Å². The first kappa shape index (κ1) is 17.7. The molecular weight excluding hydrogens is 334 g/mol. The van der Waals surface area contributed by atoms with E-state index in [0.29, 0.717) is 0 Å². The molecule has 0 aliphatic carbocycles. The number of aromatic nitrogens is 1. The molecule has 0 bridgehead atoms. The molecule has 1 fully saturated rings. The van der Waals surface area contributed by atoms with Gasteiger partial charge < -0.3 is 10.2 Å². The second kappa shape index (κ2) is 8.31. The molecule has 2 aromatic carbocycles. The van der Waals surface area contributed by atoms with Crippen molar-refractivity contribution >= 4 is 16.8 Å². The summed E-state index contributed by atoms with van der Waals surface area (Å²) >= 11 is 0. The minimum Gasteiger partial charge on any atom is -0.349 e. The van der Waals surface area contributed by atoms with Gasteiger partial charge >= 0.3 is 0 Å². The molecule has 4 heteroatoms. The number of amides is 1. The number of pyridine rings is 1. The van der Waals surface area contributed by atoms with Gasteiger partial charge in [-0.05, 0) is 37.1 Å². The topological polar surface area (TPSA) is 45.2 Å². The van der Waals surface area contributed by atoms with Crippen LogP contribution in [0, 0.1) is 0 Å². The zero-order valence-electron chi connectivity index (χ0n) is 15.5. The molecule has 0 atom stereocenters. The van der Waals surface area contributed by atoms with E-state index in [9.17, 15) is 4.79 Å². The number of hydrogen-bond donors (Lipinski definition) is 1. The fourth-order valence-corrected chi connectivity index (χ4v) is 3.68. The van der Waals surface area contributed by atoms with E-state index < -0.39 is 0 Å². The van der Waals surface area contributed by atoms with Crippen LogP contribution in [0.5, 0.6) is 0 Å². The summed E-state index contributed by atoms with van der Waals surface area (Å²) in [6.45, 7) is 3.06. The molecule has 4 nitrogen and oxygen atoms in total. The standard InChI is InChI=1S/C23H25N3O/c27-23(19-7-2-1-3-8-19)25-21-13-16-26(17-14-21)15-12-20-11-10-18-6-4-5-9-22(18)24-20/h1-11,21H,12-17H2,(H,25,27). The monoisotopic (exact) mass is 359 g/mol. The quantitative estimate of drug-likeness (QED) is 0.756. The molecule has 0 unspecified atom stereocenters. The summed E-state index contributed by atoms with van der Waals surface area (Å²) in [4.78, 5) is 19.5. The van der Waals surface area contributed by atoms with Crippen molar-refractivity contribution in [3.8, 4) is 0 Å². The molecule has 1 saturated heterocycles. The minimum absolute atomic E-state index is 0.0365. The van der Waals surface area contributed by atoms with Crippen LogP contribution < -0.4 is 5.32 Å². The number of para-hydroxylation sites is 1. The predicted molar refractivity (Wildman–Crippen MR) is 109 cm³/mol. The Balaban J connectivity index is 1.25. The summed E-state index contributed by atoms with van der Waals surface area (Å²) in [5.41, 5.74) is 2.95. The molecule has 1 N–H and O–H groups in total. The second-order valence-electron chi connectivity index (χ2n) is 7.20. The molecular formula is C23H25N3O. The third kappa shape index (κ3) is 4.52. The molecule has 138 valence electrons. The highest BCUT2D eigenvalue weighted by atomic mass is 16.1. The average molecular weight is 359 g/mol. The summed E-state index contributed by atoms with van der Waals surface area (Å²) in [5, 5.41) is 4.36. The lowest BCUT2D eigenvalue weighted by molar-refractivity contribution is 0.0911. The average Bonchev–Trinajstić information content (AvgIpc) is 2.74. The van der Waals surface area contributed by atoms with E-state index in [1.54, 1.807) is 0 Å². The summed E-state index contributed by atoms with van der Waals surface area (Å²) in [6, 6.07) is 22.3. The highest BCUT2D eigenvalue weighted by molar-refractivity contribution is 5.94. The number of benzene rings is 2. The van der Waals surface area contributed by atoms with Crippen molar-refractivity contribution in [2.75, 3.05) is 19.6 Å². The van der Waals surface area contributed by atoms with Crippen molar-refractivity contribution in [1.82, 2.24) is 15.2 Å². The van der Waals surface area contributed by atoms with Gasteiger partial charge in [-0.1, -0.05) is 42.5 Å². The first-order valence-corrected chi connectivity index (χ1v) is 9.71. The molecule has 0 spiro atoms. The van der Waals surface area contributed by atoms with Crippen molar-refractivity contribution in [3.63, 3.8) is 0 Å². The lowest BCUT2D eigenvalue weighted by atomic mass is 10.0. The summed E-state index contributed by atoms with van der Waals surface area (Å²) in [5.74, 6) is 0.0365. The number of carbonyl (C=O) groups excluding carboxylic acids is 1. The summed E-state index contributed by atoms with van der Waals surface area (Å²) in [6.07, 6.45) is 2.97. The van der Waals surface area contributed by atoms with Gasteiger partial charge in [0.05, 0.1) is 5.52 Å². The van der Waals surface area contributed by atoms with Crippen LogP contribution in [-0.4, -0.2) is 41.5 Å². The van der Waals surface area contributed by atoms with E-state index in [-0.39, 0.29) is 11.9 Å². The van der Waals surface area contributed by atoms with Crippen molar-refractivity contribution in [2.45, 2.75) is 25.3 Å². The predicted octanol–water partition coefficient (Wildman–Crippen LogP) is 3.67. The third-order valence-corrected chi connectivity index (χ3v) is 5.30. The lowest BCUT2D eigenvalue weighted by Gasteiger charge is -2.32. The number of rotatable bonds is 5. The molecule has 1 aliphatic heterocycles. The number of carbonyl (C=O) groups is 1. The molecule has 27 heavy (non-hydrogen) atoms. The fraction of sp³-hybridized carbons (Fsp3) is 0.304. The molecule has 0 radical (unpaired) electrons. The summed E-state index contributed by atoms with van der Waals surface area (Å²) < 4.78 is 0. The SMILES string of the molecule is O=C(NC1CCN(CCc2ccc3ccccc3n2)CC1)c1ccccc1. The van der Waals surface area contributed by atoms with E-state index >= 15 is 0 Å². The Bertz CT molecular complexity index is 902. The lowest BCUT2D eigenvalue weighted by Crippen LogP contribution is -2.45. The van der Waals surface area contributed by atoms with Crippen LogP contribution in [0.2, 0.25) is 0 Å². The Hall–Kier alpha value is -2.72. The number of piperidine rings is 1. The van der Waals surface area contributed by atoms with Crippen LogP contribution in [0.1, 0.15) is 28.9 Å². The zero-order chi connectivity index (χ0) is 18.5. The first-order chi connectivity index (χ1) is 13.3. The maximum atomic E-state index is 12.3. The van der Waals surface area contributed by atoms with E-state index in [0.717, 1.165) is 55.7 Å². The molecule has 1 amide bonds. The van der Waals surface area contributed by atoms with Crippen LogP contribution in [0.15, 0.2) is 66.7 Å². The van der Waals surface area contributed by atoms with Gasteiger partial charge in [0.15, 0.2) is 0 Å².